The highest BCUT2D eigenvalue weighted by Crippen LogP contribution is 2.31. The first-order valence-corrected chi connectivity index (χ1v) is 11.0. The molecule has 9 nitrogen and oxygen atoms in total. The lowest BCUT2D eigenvalue weighted by Gasteiger charge is -2.21. The summed E-state index contributed by atoms with van der Waals surface area (Å²) in [7, 11) is 0. The Labute approximate surface area is 202 Å². The van der Waals surface area contributed by atoms with Crippen molar-refractivity contribution in [2.45, 2.75) is 24.9 Å². The molecule has 0 saturated heterocycles. The van der Waals surface area contributed by atoms with E-state index in [1.807, 2.05) is 48.5 Å². The molecule has 1 amide bonds. The SMILES string of the molecule is N[C@@H](Cc1ccccc1)C(=O)N[C@@H](Cc1c(-c2cccnn2)cccc1-c1cccnn1)C(=O)O. The number of aromatic nitrogens is 4. The number of nitrogens with two attached hydrogens (primary N) is 1. The highest BCUT2D eigenvalue weighted by molar-refractivity contribution is 5.88. The van der Waals surface area contributed by atoms with Gasteiger partial charge in [0.1, 0.15) is 6.04 Å². The molecule has 0 unspecified atom stereocenters. The third-order valence-electron chi connectivity index (χ3n) is 5.53. The molecule has 4 N–H and O–H groups in total. The van der Waals surface area contributed by atoms with E-state index >= 15 is 0 Å². The van der Waals surface area contributed by atoms with Gasteiger partial charge in [0, 0.05) is 29.9 Å². The summed E-state index contributed by atoms with van der Waals surface area (Å²) in [4.78, 5) is 25.0. The maximum Gasteiger partial charge on any atom is 0.326 e. The number of nitrogens with zero attached hydrogens (tertiary/aromatic N) is 4. The highest BCUT2D eigenvalue weighted by atomic mass is 16.4. The summed E-state index contributed by atoms with van der Waals surface area (Å²) in [6.45, 7) is 0. The van der Waals surface area contributed by atoms with E-state index in [0.29, 0.717) is 34.5 Å². The molecule has 2 heterocycles. The predicted octanol–water partition coefficient (Wildman–Crippen LogP) is 2.28. The minimum absolute atomic E-state index is 0.0161. The molecule has 0 aliphatic carbocycles. The molecule has 35 heavy (non-hydrogen) atoms. The summed E-state index contributed by atoms with van der Waals surface area (Å²) in [5.74, 6) is -1.72. The topological polar surface area (TPSA) is 144 Å². The number of carbonyl (C=O) groups is 2. The van der Waals surface area contributed by atoms with Gasteiger partial charge in [-0.15, -0.1) is 0 Å². The van der Waals surface area contributed by atoms with Gasteiger partial charge in [0.15, 0.2) is 0 Å². The second-order valence-electron chi connectivity index (χ2n) is 7.95. The molecule has 2 aromatic carbocycles. The van der Waals surface area contributed by atoms with Crippen LogP contribution in [0.5, 0.6) is 0 Å². The van der Waals surface area contributed by atoms with Gasteiger partial charge in [0.2, 0.25) is 5.91 Å². The Morgan fingerprint density at radius 1 is 0.800 bits per heavy atom. The van der Waals surface area contributed by atoms with Crippen LogP contribution in [-0.4, -0.2) is 49.5 Å². The summed E-state index contributed by atoms with van der Waals surface area (Å²) >= 11 is 0. The maximum atomic E-state index is 12.8. The summed E-state index contributed by atoms with van der Waals surface area (Å²) < 4.78 is 0. The molecule has 0 radical (unpaired) electrons. The highest BCUT2D eigenvalue weighted by Gasteiger charge is 2.27. The minimum atomic E-state index is -1.22. The quantitative estimate of drug-likeness (QED) is 0.339. The molecule has 0 spiro atoms. The van der Waals surface area contributed by atoms with E-state index in [9.17, 15) is 14.7 Å². The first kappa shape index (κ1) is 23.7. The number of carboxylic acids is 1. The maximum absolute atomic E-state index is 12.8. The molecule has 0 aliphatic rings. The number of hydrogen-bond donors (Lipinski definition) is 3. The monoisotopic (exact) mass is 468 g/mol. The minimum Gasteiger partial charge on any atom is -0.480 e. The third kappa shape index (κ3) is 5.90. The van der Waals surface area contributed by atoms with Gasteiger partial charge >= 0.3 is 5.97 Å². The van der Waals surface area contributed by atoms with Crippen LogP contribution in [0.2, 0.25) is 0 Å². The third-order valence-corrected chi connectivity index (χ3v) is 5.53. The Morgan fingerprint density at radius 2 is 1.40 bits per heavy atom. The summed E-state index contributed by atoms with van der Waals surface area (Å²) in [6.07, 6.45) is 3.39. The molecule has 9 heteroatoms. The molecule has 4 aromatic rings. The fraction of sp³-hybridized carbons (Fsp3) is 0.154. The summed E-state index contributed by atoms with van der Waals surface area (Å²) in [5, 5.41) is 28.9. The van der Waals surface area contributed by atoms with E-state index in [2.05, 4.69) is 25.7 Å². The van der Waals surface area contributed by atoms with Gasteiger partial charge in [-0.25, -0.2) is 4.79 Å². The Bertz CT molecular complexity index is 1230. The molecule has 0 saturated carbocycles. The molecule has 2 aromatic heterocycles. The largest absolute Gasteiger partial charge is 0.480 e. The zero-order valence-corrected chi connectivity index (χ0v) is 18.8. The van der Waals surface area contributed by atoms with Crippen LogP contribution in [0.4, 0.5) is 0 Å². The molecule has 0 bridgehead atoms. The van der Waals surface area contributed by atoms with E-state index < -0.39 is 24.0 Å². The zero-order valence-electron chi connectivity index (χ0n) is 18.8. The fourth-order valence-corrected chi connectivity index (χ4v) is 3.82. The van der Waals surface area contributed by atoms with Gasteiger partial charge in [-0.1, -0.05) is 48.5 Å². The van der Waals surface area contributed by atoms with Crippen LogP contribution in [0.15, 0.2) is 85.2 Å². The summed E-state index contributed by atoms with van der Waals surface area (Å²) in [5.41, 5.74) is 10.2. The van der Waals surface area contributed by atoms with Crippen molar-refractivity contribution < 1.29 is 14.7 Å². The predicted molar refractivity (Wildman–Crippen MR) is 130 cm³/mol. The summed E-state index contributed by atoms with van der Waals surface area (Å²) in [6, 6.07) is 19.8. The van der Waals surface area contributed by atoms with E-state index in [1.54, 1.807) is 36.7 Å². The lowest BCUT2D eigenvalue weighted by atomic mass is 9.91. The Balaban J connectivity index is 1.65. The van der Waals surface area contributed by atoms with E-state index in [4.69, 9.17) is 5.73 Å². The zero-order chi connectivity index (χ0) is 24.6. The van der Waals surface area contributed by atoms with Crippen molar-refractivity contribution in [2.75, 3.05) is 0 Å². The number of nitrogens with one attached hydrogen (secondary N) is 1. The number of carboxylic acid groups (broad SMARTS) is 1. The van der Waals surface area contributed by atoms with Gasteiger partial charge in [-0.2, -0.15) is 20.4 Å². The standard InChI is InChI=1S/C26H24N6O3/c27-21(15-17-7-2-1-3-8-17)25(33)30-24(26(34)35)16-20-18(22-11-5-13-28-31-22)9-4-10-19(20)23-12-6-14-29-32-23/h1-14,21,24H,15-16,27H2,(H,30,33)(H,34,35)/t21-,24-/m0/s1. The number of aliphatic carboxylic acids is 1. The Morgan fingerprint density at radius 3 is 1.91 bits per heavy atom. The average molecular weight is 469 g/mol. The first-order valence-electron chi connectivity index (χ1n) is 11.0. The van der Waals surface area contributed by atoms with Crippen LogP contribution in [0, 0.1) is 0 Å². The molecular weight excluding hydrogens is 444 g/mol. The number of carbonyl (C=O) groups excluding carboxylic acids is 1. The van der Waals surface area contributed by atoms with Crippen molar-refractivity contribution >= 4 is 11.9 Å². The number of amides is 1. The van der Waals surface area contributed by atoms with Gasteiger partial charge in [0.05, 0.1) is 17.4 Å². The molecule has 0 fully saturated rings. The van der Waals surface area contributed by atoms with Crippen LogP contribution in [-0.2, 0) is 22.4 Å². The molecule has 4 rings (SSSR count). The first-order chi connectivity index (χ1) is 17.0. The van der Waals surface area contributed by atoms with Crippen LogP contribution in [0.3, 0.4) is 0 Å². The van der Waals surface area contributed by atoms with Gasteiger partial charge in [-0.05, 0) is 41.8 Å². The molecule has 176 valence electrons. The van der Waals surface area contributed by atoms with Gasteiger partial charge < -0.3 is 16.2 Å². The normalized spacial score (nSPS) is 12.5. The number of benzene rings is 2. The molecule has 0 aliphatic heterocycles. The van der Waals surface area contributed by atoms with Crippen LogP contribution >= 0.6 is 0 Å². The lowest BCUT2D eigenvalue weighted by Crippen LogP contribution is -2.50. The smallest absolute Gasteiger partial charge is 0.326 e. The lowest BCUT2D eigenvalue weighted by molar-refractivity contribution is -0.141. The van der Waals surface area contributed by atoms with Crippen molar-refractivity contribution in [3.05, 3.63) is 96.3 Å². The second kappa shape index (κ2) is 11.1. The van der Waals surface area contributed by atoms with Gasteiger partial charge in [-0.3, -0.25) is 4.79 Å². The van der Waals surface area contributed by atoms with Crippen molar-refractivity contribution in [2.24, 2.45) is 5.73 Å². The van der Waals surface area contributed by atoms with Crippen molar-refractivity contribution in [1.29, 1.82) is 0 Å². The van der Waals surface area contributed by atoms with E-state index in [1.165, 1.54) is 0 Å². The van der Waals surface area contributed by atoms with E-state index in [-0.39, 0.29) is 6.42 Å². The Kier molecular flexibility index (Phi) is 7.49. The number of hydrogen-bond acceptors (Lipinski definition) is 7. The van der Waals surface area contributed by atoms with Crippen LogP contribution in [0.25, 0.3) is 22.5 Å². The fourth-order valence-electron chi connectivity index (χ4n) is 3.82. The molecule has 2 atom stereocenters. The van der Waals surface area contributed by atoms with Crippen LogP contribution in [0.1, 0.15) is 11.1 Å². The van der Waals surface area contributed by atoms with Crippen molar-refractivity contribution in [3.63, 3.8) is 0 Å². The molecular formula is C26H24N6O3. The number of rotatable bonds is 9. The average Bonchev–Trinajstić information content (AvgIpc) is 2.89. The second-order valence-corrected chi connectivity index (χ2v) is 7.95. The van der Waals surface area contributed by atoms with Gasteiger partial charge in [0.25, 0.3) is 0 Å². The Hall–Kier alpha value is -4.50. The van der Waals surface area contributed by atoms with Crippen molar-refractivity contribution in [3.8, 4) is 22.5 Å². The van der Waals surface area contributed by atoms with Crippen molar-refractivity contribution in [1.82, 2.24) is 25.7 Å². The van der Waals surface area contributed by atoms with Crippen LogP contribution < -0.4 is 11.1 Å². The van der Waals surface area contributed by atoms with E-state index in [0.717, 1.165) is 5.56 Å².